The summed E-state index contributed by atoms with van der Waals surface area (Å²) in [5, 5.41) is 3.32. The fourth-order valence-corrected chi connectivity index (χ4v) is 1.37. The standard InChI is InChI=1S/C13H23N3O/c1-11(10-14)15-12-5-4-6-13(9-12)17-8-7-16(2)3/h4-6,9,11,15H,7-8,10,14H2,1-3H3. The fourth-order valence-electron chi connectivity index (χ4n) is 1.37. The zero-order valence-corrected chi connectivity index (χ0v) is 10.9. The van der Waals surface area contributed by atoms with Crippen LogP contribution in [0.4, 0.5) is 5.69 Å². The fraction of sp³-hybridized carbons (Fsp3) is 0.538. The minimum atomic E-state index is 0.270. The van der Waals surface area contributed by atoms with Gasteiger partial charge in [0.1, 0.15) is 12.4 Å². The van der Waals surface area contributed by atoms with Crippen molar-refractivity contribution >= 4 is 5.69 Å². The molecule has 0 spiro atoms. The Kier molecular flexibility index (Phi) is 5.80. The summed E-state index contributed by atoms with van der Waals surface area (Å²) in [6.07, 6.45) is 0. The molecule has 0 aliphatic rings. The molecule has 4 heteroatoms. The Morgan fingerprint density at radius 1 is 1.41 bits per heavy atom. The van der Waals surface area contributed by atoms with Gasteiger partial charge in [-0.05, 0) is 33.2 Å². The number of hydrogen-bond donors (Lipinski definition) is 2. The van der Waals surface area contributed by atoms with Crippen molar-refractivity contribution in [3.05, 3.63) is 24.3 Å². The molecule has 17 heavy (non-hydrogen) atoms. The Labute approximate surface area is 104 Å². The van der Waals surface area contributed by atoms with Crippen molar-refractivity contribution in [1.29, 1.82) is 0 Å². The monoisotopic (exact) mass is 237 g/mol. The summed E-state index contributed by atoms with van der Waals surface area (Å²) in [4.78, 5) is 2.10. The molecule has 0 amide bonds. The smallest absolute Gasteiger partial charge is 0.121 e. The number of likely N-dealkylation sites (N-methyl/N-ethyl adjacent to an activating group) is 1. The van der Waals surface area contributed by atoms with Crippen molar-refractivity contribution in [2.45, 2.75) is 13.0 Å². The van der Waals surface area contributed by atoms with Crippen LogP contribution in [-0.4, -0.2) is 44.7 Å². The van der Waals surface area contributed by atoms with Crippen molar-refractivity contribution in [1.82, 2.24) is 4.90 Å². The normalized spacial score (nSPS) is 12.5. The van der Waals surface area contributed by atoms with Gasteiger partial charge in [0, 0.05) is 30.9 Å². The number of nitrogens with zero attached hydrogens (tertiary/aromatic N) is 1. The lowest BCUT2D eigenvalue weighted by molar-refractivity contribution is 0.261. The summed E-state index contributed by atoms with van der Waals surface area (Å²) >= 11 is 0. The van der Waals surface area contributed by atoms with Gasteiger partial charge < -0.3 is 20.7 Å². The van der Waals surface area contributed by atoms with Gasteiger partial charge in [-0.1, -0.05) is 6.07 Å². The number of nitrogens with two attached hydrogens (primary N) is 1. The van der Waals surface area contributed by atoms with Gasteiger partial charge in [0.05, 0.1) is 0 Å². The van der Waals surface area contributed by atoms with Crippen molar-refractivity contribution in [2.75, 3.05) is 39.1 Å². The van der Waals surface area contributed by atoms with E-state index in [-0.39, 0.29) is 6.04 Å². The quantitative estimate of drug-likeness (QED) is 0.752. The average molecular weight is 237 g/mol. The van der Waals surface area contributed by atoms with E-state index in [0.717, 1.165) is 18.0 Å². The maximum atomic E-state index is 5.66. The van der Waals surface area contributed by atoms with E-state index in [1.54, 1.807) is 0 Å². The summed E-state index contributed by atoms with van der Waals surface area (Å²) in [6, 6.07) is 8.24. The molecule has 1 aromatic rings. The minimum Gasteiger partial charge on any atom is -0.492 e. The molecule has 4 nitrogen and oxygen atoms in total. The lowest BCUT2D eigenvalue weighted by Gasteiger charge is -2.15. The molecule has 0 aliphatic heterocycles. The predicted octanol–water partition coefficient (Wildman–Crippen LogP) is 1.39. The van der Waals surface area contributed by atoms with Crippen LogP contribution in [-0.2, 0) is 0 Å². The summed E-state index contributed by atoms with van der Waals surface area (Å²) in [5.74, 6) is 0.890. The van der Waals surface area contributed by atoms with Crippen LogP contribution in [0.5, 0.6) is 5.75 Å². The third-order valence-corrected chi connectivity index (χ3v) is 2.41. The first-order chi connectivity index (χ1) is 8.11. The third-order valence-electron chi connectivity index (χ3n) is 2.41. The molecule has 0 aliphatic carbocycles. The van der Waals surface area contributed by atoms with E-state index in [9.17, 15) is 0 Å². The average Bonchev–Trinajstić information content (AvgIpc) is 2.29. The molecule has 1 rings (SSSR count). The summed E-state index contributed by atoms with van der Waals surface area (Å²) in [5.41, 5.74) is 6.62. The van der Waals surface area contributed by atoms with E-state index in [1.807, 2.05) is 38.4 Å². The molecule has 0 fully saturated rings. The van der Waals surface area contributed by atoms with Crippen LogP contribution in [0.25, 0.3) is 0 Å². The highest BCUT2D eigenvalue weighted by Gasteiger charge is 2.01. The maximum Gasteiger partial charge on any atom is 0.121 e. The summed E-state index contributed by atoms with van der Waals surface area (Å²) < 4.78 is 5.66. The largest absolute Gasteiger partial charge is 0.492 e. The van der Waals surface area contributed by atoms with E-state index in [4.69, 9.17) is 10.5 Å². The molecule has 96 valence electrons. The van der Waals surface area contributed by atoms with Crippen LogP contribution < -0.4 is 15.8 Å². The Balaban J connectivity index is 2.48. The molecule has 0 aromatic heterocycles. The van der Waals surface area contributed by atoms with Crippen molar-refractivity contribution in [2.24, 2.45) is 5.73 Å². The Morgan fingerprint density at radius 3 is 2.82 bits per heavy atom. The highest BCUT2D eigenvalue weighted by Crippen LogP contribution is 2.17. The first-order valence-electron chi connectivity index (χ1n) is 5.96. The summed E-state index contributed by atoms with van der Waals surface area (Å²) in [7, 11) is 4.06. The van der Waals surface area contributed by atoms with E-state index < -0.39 is 0 Å². The lowest BCUT2D eigenvalue weighted by Crippen LogP contribution is -2.25. The molecule has 0 radical (unpaired) electrons. The van der Waals surface area contributed by atoms with Gasteiger partial charge in [0.2, 0.25) is 0 Å². The van der Waals surface area contributed by atoms with Crippen LogP contribution in [0.3, 0.4) is 0 Å². The van der Waals surface area contributed by atoms with Crippen molar-refractivity contribution in [3.8, 4) is 5.75 Å². The van der Waals surface area contributed by atoms with Gasteiger partial charge in [-0.3, -0.25) is 0 Å². The molecular weight excluding hydrogens is 214 g/mol. The number of rotatable bonds is 7. The van der Waals surface area contributed by atoms with Crippen LogP contribution in [0.2, 0.25) is 0 Å². The molecule has 0 bridgehead atoms. The molecule has 1 aromatic carbocycles. The van der Waals surface area contributed by atoms with Gasteiger partial charge in [-0.15, -0.1) is 0 Å². The third kappa shape index (κ3) is 5.56. The molecule has 1 atom stereocenters. The second kappa shape index (κ2) is 7.14. The Bertz CT molecular complexity index is 328. The SMILES string of the molecule is CC(CN)Nc1cccc(OCCN(C)C)c1. The van der Waals surface area contributed by atoms with Crippen LogP contribution in [0.1, 0.15) is 6.92 Å². The number of hydrogen-bond acceptors (Lipinski definition) is 4. The predicted molar refractivity (Wildman–Crippen MR) is 72.6 cm³/mol. The van der Waals surface area contributed by atoms with Crippen LogP contribution in [0, 0.1) is 0 Å². The highest BCUT2D eigenvalue weighted by molar-refractivity contribution is 5.48. The molecule has 0 saturated heterocycles. The Hall–Kier alpha value is -1.26. The van der Waals surface area contributed by atoms with E-state index in [1.165, 1.54) is 0 Å². The molecule has 0 saturated carbocycles. The van der Waals surface area contributed by atoms with Gasteiger partial charge >= 0.3 is 0 Å². The van der Waals surface area contributed by atoms with Crippen molar-refractivity contribution < 1.29 is 4.74 Å². The van der Waals surface area contributed by atoms with E-state index in [2.05, 4.69) is 17.1 Å². The van der Waals surface area contributed by atoms with E-state index >= 15 is 0 Å². The Morgan fingerprint density at radius 2 is 2.18 bits per heavy atom. The number of benzene rings is 1. The minimum absolute atomic E-state index is 0.270. The molecule has 1 unspecified atom stereocenters. The highest BCUT2D eigenvalue weighted by atomic mass is 16.5. The van der Waals surface area contributed by atoms with Crippen molar-refractivity contribution in [3.63, 3.8) is 0 Å². The van der Waals surface area contributed by atoms with Gasteiger partial charge in [-0.25, -0.2) is 0 Å². The van der Waals surface area contributed by atoms with Gasteiger partial charge in [0.15, 0.2) is 0 Å². The van der Waals surface area contributed by atoms with E-state index in [0.29, 0.717) is 13.2 Å². The first-order valence-corrected chi connectivity index (χ1v) is 5.96. The molecule has 3 N–H and O–H groups in total. The second-order valence-electron chi connectivity index (χ2n) is 4.46. The summed E-state index contributed by atoms with van der Waals surface area (Å²) in [6.45, 7) is 4.28. The second-order valence-corrected chi connectivity index (χ2v) is 4.46. The zero-order chi connectivity index (χ0) is 12.7. The number of nitrogens with one attached hydrogen (secondary N) is 1. The number of ether oxygens (including phenoxy) is 1. The van der Waals surface area contributed by atoms with Gasteiger partial charge in [-0.2, -0.15) is 0 Å². The lowest BCUT2D eigenvalue weighted by atomic mass is 10.2. The van der Waals surface area contributed by atoms with Gasteiger partial charge in [0.25, 0.3) is 0 Å². The first kappa shape index (κ1) is 13.8. The molecule has 0 heterocycles. The van der Waals surface area contributed by atoms with Crippen LogP contribution in [0.15, 0.2) is 24.3 Å². The zero-order valence-electron chi connectivity index (χ0n) is 10.9. The molecular formula is C13H23N3O. The van der Waals surface area contributed by atoms with Crippen LogP contribution >= 0.6 is 0 Å². The number of anilines is 1. The topological polar surface area (TPSA) is 50.5 Å². The maximum absolute atomic E-state index is 5.66.